The molecule has 2 aliphatic rings. The number of nitrogens with zero attached hydrogens (tertiary/aromatic N) is 2. The summed E-state index contributed by atoms with van der Waals surface area (Å²) in [6.07, 6.45) is 4.77. The van der Waals surface area contributed by atoms with Crippen molar-refractivity contribution >= 4 is 11.8 Å². The maximum absolute atomic E-state index is 12.8. The first-order valence-electron chi connectivity index (χ1n) is 8.85. The second-order valence-corrected chi connectivity index (χ2v) is 7.13. The van der Waals surface area contributed by atoms with Gasteiger partial charge in [0.1, 0.15) is 11.5 Å². The summed E-state index contributed by atoms with van der Waals surface area (Å²) >= 11 is 0. The van der Waals surface area contributed by atoms with E-state index in [0.29, 0.717) is 37.5 Å². The van der Waals surface area contributed by atoms with Crippen LogP contribution in [0.1, 0.15) is 54.0 Å². The van der Waals surface area contributed by atoms with Crippen LogP contribution in [0, 0.1) is 13.8 Å². The van der Waals surface area contributed by atoms with E-state index in [-0.39, 0.29) is 11.8 Å². The summed E-state index contributed by atoms with van der Waals surface area (Å²) in [5.41, 5.74) is 6.29. The zero-order valence-corrected chi connectivity index (χ0v) is 14.6. The minimum Gasteiger partial charge on any atom is -0.466 e. The summed E-state index contributed by atoms with van der Waals surface area (Å²) in [7, 11) is 0. The molecule has 24 heavy (non-hydrogen) atoms. The minimum atomic E-state index is -0.692. The predicted octanol–water partition coefficient (Wildman–Crippen LogP) is 1.84. The van der Waals surface area contributed by atoms with Crippen LogP contribution in [0.5, 0.6) is 0 Å². The number of nitrogens with two attached hydrogens (primary N) is 1. The number of piperazine rings is 1. The maximum atomic E-state index is 12.8. The number of amides is 2. The Morgan fingerprint density at radius 1 is 1.04 bits per heavy atom. The first kappa shape index (κ1) is 17.0. The summed E-state index contributed by atoms with van der Waals surface area (Å²) < 4.78 is 5.45. The van der Waals surface area contributed by atoms with Gasteiger partial charge in [0.15, 0.2) is 0 Å². The van der Waals surface area contributed by atoms with Gasteiger partial charge in [-0.1, -0.05) is 19.3 Å². The summed E-state index contributed by atoms with van der Waals surface area (Å²) in [5.74, 6) is 1.44. The second kappa shape index (κ2) is 6.59. The Hall–Kier alpha value is -1.82. The largest absolute Gasteiger partial charge is 0.466 e. The van der Waals surface area contributed by atoms with Crippen molar-refractivity contribution in [3.63, 3.8) is 0 Å². The summed E-state index contributed by atoms with van der Waals surface area (Å²) in [4.78, 5) is 29.0. The van der Waals surface area contributed by atoms with E-state index in [1.54, 1.807) is 17.9 Å². The fourth-order valence-corrected chi connectivity index (χ4v) is 3.84. The lowest BCUT2D eigenvalue weighted by Crippen LogP contribution is -2.60. The number of carbonyl (C=O) groups is 2. The monoisotopic (exact) mass is 333 g/mol. The molecule has 2 amide bonds. The molecule has 1 aromatic heterocycles. The van der Waals surface area contributed by atoms with Crippen LogP contribution in [0.25, 0.3) is 0 Å². The van der Waals surface area contributed by atoms with Crippen LogP contribution in [-0.4, -0.2) is 53.3 Å². The topological polar surface area (TPSA) is 79.8 Å². The van der Waals surface area contributed by atoms with Gasteiger partial charge >= 0.3 is 0 Å². The standard InChI is InChI=1S/C18H27N3O3/c1-13-12-15(14(2)24-13)16(22)20-8-10-21(11-9-20)17(23)18(19)6-4-3-5-7-18/h12H,3-11,19H2,1-2H3. The molecule has 0 aromatic carbocycles. The van der Waals surface area contributed by atoms with Gasteiger partial charge in [-0.2, -0.15) is 0 Å². The normalized spacial score (nSPS) is 21.0. The molecule has 132 valence electrons. The molecule has 0 radical (unpaired) electrons. The van der Waals surface area contributed by atoms with Gasteiger partial charge in [-0.15, -0.1) is 0 Å². The summed E-state index contributed by atoms with van der Waals surface area (Å²) in [6, 6.07) is 1.78. The molecule has 0 spiro atoms. The maximum Gasteiger partial charge on any atom is 0.257 e. The number of carbonyl (C=O) groups excluding carboxylic acids is 2. The first-order valence-corrected chi connectivity index (χ1v) is 8.85. The lowest BCUT2D eigenvalue weighted by molar-refractivity contribution is -0.139. The van der Waals surface area contributed by atoms with Gasteiger partial charge in [0.2, 0.25) is 5.91 Å². The molecule has 6 heteroatoms. The Morgan fingerprint density at radius 2 is 1.62 bits per heavy atom. The van der Waals surface area contributed by atoms with Crippen LogP contribution in [-0.2, 0) is 4.79 Å². The van der Waals surface area contributed by atoms with Gasteiger partial charge in [-0.3, -0.25) is 9.59 Å². The average molecular weight is 333 g/mol. The molecule has 1 aliphatic carbocycles. The van der Waals surface area contributed by atoms with Crippen molar-refractivity contribution in [1.29, 1.82) is 0 Å². The fraction of sp³-hybridized carbons (Fsp3) is 0.667. The Morgan fingerprint density at radius 3 is 2.17 bits per heavy atom. The third-order valence-electron chi connectivity index (χ3n) is 5.30. The van der Waals surface area contributed by atoms with E-state index in [1.165, 1.54) is 0 Å². The molecule has 0 bridgehead atoms. The Bertz CT molecular complexity index is 623. The average Bonchev–Trinajstić information content (AvgIpc) is 2.93. The third-order valence-corrected chi connectivity index (χ3v) is 5.30. The van der Waals surface area contributed by atoms with E-state index in [4.69, 9.17) is 10.2 Å². The molecule has 0 unspecified atom stereocenters. The van der Waals surface area contributed by atoms with Crippen LogP contribution in [0.15, 0.2) is 10.5 Å². The second-order valence-electron chi connectivity index (χ2n) is 7.13. The van der Waals surface area contributed by atoms with Crippen molar-refractivity contribution in [2.75, 3.05) is 26.2 Å². The number of furan rings is 1. The molecule has 6 nitrogen and oxygen atoms in total. The number of aryl methyl sites for hydroxylation is 2. The van der Waals surface area contributed by atoms with Crippen LogP contribution in [0.4, 0.5) is 0 Å². The molecule has 2 fully saturated rings. The van der Waals surface area contributed by atoms with E-state index in [2.05, 4.69) is 0 Å². The molecule has 1 aromatic rings. The van der Waals surface area contributed by atoms with Crippen molar-refractivity contribution in [3.05, 3.63) is 23.2 Å². The smallest absolute Gasteiger partial charge is 0.257 e. The summed E-state index contributed by atoms with van der Waals surface area (Å²) in [6.45, 7) is 5.85. The summed E-state index contributed by atoms with van der Waals surface area (Å²) in [5, 5.41) is 0. The quantitative estimate of drug-likeness (QED) is 0.895. The lowest BCUT2D eigenvalue weighted by atomic mass is 9.81. The highest BCUT2D eigenvalue weighted by Gasteiger charge is 2.39. The van der Waals surface area contributed by atoms with Crippen molar-refractivity contribution in [1.82, 2.24) is 9.80 Å². The van der Waals surface area contributed by atoms with E-state index in [1.807, 2.05) is 11.8 Å². The fourth-order valence-electron chi connectivity index (χ4n) is 3.84. The van der Waals surface area contributed by atoms with Crippen molar-refractivity contribution in [2.45, 2.75) is 51.5 Å². The van der Waals surface area contributed by atoms with E-state index < -0.39 is 5.54 Å². The number of rotatable bonds is 2. The Balaban J connectivity index is 1.60. The molecule has 1 saturated carbocycles. The number of hydrogen-bond acceptors (Lipinski definition) is 4. The molecule has 1 aliphatic heterocycles. The zero-order valence-electron chi connectivity index (χ0n) is 14.6. The van der Waals surface area contributed by atoms with Gasteiger partial charge in [0.05, 0.1) is 11.1 Å². The van der Waals surface area contributed by atoms with E-state index in [0.717, 1.165) is 37.9 Å². The van der Waals surface area contributed by atoms with Crippen LogP contribution >= 0.6 is 0 Å². The van der Waals surface area contributed by atoms with Crippen molar-refractivity contribution in [3.8, 4) is 0 Å². The molecule has 0 atom stereocenters. The lowest BCUT2D eigenvalue weighted by Gasteiger charge is -2.41. The van der Waals surface area contributed by atoms with Gasteiger partial charge in [-0.05, 0) is 32.8 Å². The van der Waals surface area contributed by atoms with Gasteiger partial charge in [-0.25, -0.2) is 0 Å². The Labute approximate surface area is 143 Å². The molecule has 2 heterocycles. The van der Waals surface area contributed by atoms with Crippen LogP contribution in [0.3, 0.4) is 0 Å². The molecule has 3 rings (SSSR count). The SMILES string of the molecule is Cc1cc(C(=O)N2CCN(C(=O)C3(N)CCCCC3)CC2)c(C)o1. The highest BCUT2D eigenvalue weighted by Crippen LogP contribution is 2.28. The highest BCUT2D eigenvalue weighted by atomic mass is 16.3. The minimum absolute atomic E-state index is 0.0171. The molecule has 2 N–H and O–H groups in total. The Kier molecular flexibility index (Phi) is 4.67. The van der Waals surface area contributed by atoms with E-state index >= 15 is 0 Å². The molecular formula is C18H27N3O3. The van der Waals surface area contributed by atoms with Gasteiger partial charge < -0.3 is 20.0 Å². The van der Waals surface area contributed by atoms with Gasteiger partial charge in [0.25, 0.3) is 5.91 Å². The van der Waals surface area contributed by atoms with Gasteiger partial charge in [0, 0.05) is 26.2 Å². The van der Waals surface area contributed by atoms with Crippen LogP contribution in [0.2, 0.25) is 0 Å². The number of hydrogen-bond donors (Lipinski definition) is 1. The van der Waals surface area contributed by atoms with Crippen LogP contribution < -0.4 is 5.73 Å². The third kappa shape index (κ3) is 3.20. The molecule has 1 saturated heterocycles. The molecular weight excluding hydrogens is 306 g/mol. The van der Waals surface area contributed by atoms with Crippen molar-refractivity contribution < 1.29 is 14.0 Å². The van der Waals surface area contributed by atoms with E-state index in [9.17, 15) is 9.59 Å². The highest BCUT2D eigenvalue weighted by molar-refractivity contribution is 5.95. The van der Waals surface area contributed by atoms with Crippen molar-refractivity contribution in [2.24, 2.45) is 5.73 Å². The first-order chi connectivity index (χ1) is 11.4. The predicted molar refractivity (Wildman–Crippen MR) is 90.7 cm³/mol. The zero-order chi connectivity index (χ0) is 17.3.